The van der Waals surface area contributed by atoms with E-state index in [1.807, 2.05) is 24.3 Å². The first-order valence-corrected chi connectivity index (χ1v) is 9.19. The monoisotopic (exact) mass is 367 g/mol. The number of nitrogens with zero attached hydrogens (tertiary/aromatic N) is 1. The molecule has 1 N–H and O–H groups in total. The zero-order chi connectivity index (χ0) is 17.5. The molecule has 0 radical (unpaired) electrons. The number of rotatable bonds is 6. The van der Waals surface area contributed by atoms with Crippen molar-refractivity contribution >= 4 is 28.5 Å². The van der Waals surface area contributed by atoms with Gasteiger partial charge in [-0.25, -0.2) is 0 Å². The van der Waals surface area contributed by atoms with Crippen molar-refractivity contribution < 1.29 is 5.21 Å². The third-order valence-electron chi connectivity index (χ3n) is 3.82. The summed E-state index contributed by atoms with van der Waals surface area (Å²) >= 11 is 7.55. The van der Waals surface area contributed by atoms with Crippen LogP contribution in [0.1, 0.15) is 16.7 Å². The second kappa shape index (κ2) is 8.75. The summed E-state index contributed by atoms with van der Waals surface area (Å²) in [5.74, 6) is 0. The largest absolute Gasteiger partial charge is 0.410 e. The van der Waals surface area contributed by atoms with Crippen LogP contribution in [0.3, 0.4) is 0 Å². The molecular formula is C21H18ClNOS. The molecule has 126 valence electrons. The van der Waals surface area contributed by atoms with Gasteiger partial charge in [-0.05, 0) is 41.3 Å². The van der Waals surface area contributed by atoms with E-state index in [0.29, 0.717) is 6.42 Å². The lowest BCUT2D eigenvalue weighted by Crippen LogP contribution is -1.96. The Bertz CT molecular complexity index is 847. The van der Waals surface area contributed by atoms with Gasteiger partial charge in [0.1, 0.15) is 5.17 Å². The van der Waals surface area contributed by atoms with E-state index in [4.69, 9.17) is 16.8 Å². The third-order valence-corrected chi connectivity index (χ3v) is 5.15. The average Bonchev–Trinajstić information content (AvgIpc) is 2.65. The normalized spacial score (nSPS) is 11.5. The van der Waals surface area contributed by atoms with Crippen molar-refractivity contribution in [3.8, 4) is 0 Å². The van der Waals surface area contributed by atoms with Crippen LogP contribution in [0.25, 0.3) is 0 Å². The van der Waals surface area contributed by atoms with Gasteiger partial charge in [0.15, 0.2) is 0 Å². The van der Waals surface area contributed by atoms with Crippen molar-refractivity contribution in [2.45, 2.75) is 22.6 Å². The van der Waals surface area contributed by atoms with Crippen LogP contribution in [0.4, 0.5) is 0 Å². The van der Waals surface area contributed by atoms with Crippen molar-refractivity contribution in [2.24, 2.45) is 5.16 Å². The molecule has 0 saturated heterocycles. The minimum Gasteiger partial charge on any atom is -0.410 e. The lowest BCUT2D eigenvalue weighted by molar-refractivity contribution is 0.319. The van der Waals surface area contributed by atoms with Crippen LogP contribution in [-0.2, 0) is 12.8 Å². The van der Waals surface area contributed by atoms with Crippen LogP contribution in [-0.4, -0.2) is 10.4 Å². The van der Waals surface area contributed by atoms with Crippen LogP contribution in [0.2, 0.25) is 0 Å². The zero-order valence-electron chi connectivity index (χ0n) is 13.6. The van der Waals surface area contributed by atoms with Gasteiger partial charge in [0.25, 0.3) is 0 Å². The number of oxime groups is 1. The summed E-state index contributed by atoms with van der Waals surface area (Å²) < 4.78 is 0. The Morgan fingerprint density at radius 2 is 1.48 bits per heavy atom. The molecular weight excluding hydrogens is 350 g/mol. The van der Waals surface area contributed by atoms with Gasteiger partial charge < -0.3 is 5.21 Å². The van der Waals surface area contributed by atoms with Crippen molar-refractivity contribution in [2.75, 3.05) is 0 Å². The summed E-state index contributed by atoms with van der Waals surface area (Å²) in [6.07, 6.45) is 1.36. The van der Waals surface area contributed by atoms with Crippen LogP contribution in [0, 0.1) is 0 Å². The molecule has 0 aliphatic rings. The molecule has 0 aliphatic heterocycles. The second-order valence-corrected chi connectivity index (χ2v) is 7.22. The van der Waals surface area contributed by atoms with Crippen LogP contribution < -0.4 is 0 Å². The zero-order valence-corrected chi connectivity index (χ0v) is 15.2. The van der Waals surface area contributed by atoms with Crippen LogP contribution in [0.15, 0.2) is 93.8 Å². The van der Waals surface area contributed by atoms with Crippen molar-refractivity contribution in [1.82, 2.24) is 0 Å². The van der Waals surface area contributed by atoms with Gasteiger partial charge in [0, 0.05) is 16.2 Å². The molecule has 0 aliphatic carbocycles. The summed E-state index contributed by atoms with van der Waals surface area (Å²) in [6, 6.07) is 27.1. The quantitative estimate of drug-likeness (QED) is 0.329. The number of hydrogen-bond donors (Lipinski definition) is 1. The van der Waals surface area contributed by atoms with Gasteiger partial charge in [-0.2, -0.15) is 0 Å². The fourth-order valence-electron chi connectivity index (χ4n) is 2.58. The maximum Gasteiger partial charge on any atom is 0.149 e. The molecule has 0 bridgehead atoms. The maximum absolute atomic E-state index is 8.78. The smallest absolute Gasteiger partial charge is 0.149 e. The molecule has 2 nitrogen and oxygen atoms in total. The van der Waals surface area contributed by atoms with E-state index in [9.17, 15) is 0 Å². The summed E-state index contributed by atoms with van der Waals surface area (Å²) in [5, 5.41) is 12.0. The van der Waals surface area contributed by atoms with E-state index < -0.39 is 0 Å². The topological polar surface area (TPSA) is 32.6 Å². The van der Waals surface area contributed by atoms with E-state index in [-0.39, 0.29) is 5.17 Å². The molecule has 0 aromatic heterocycles. The van der Waals surface area contributed by atoms with Gasteiger partial charge in [0.2, 0.25) is 0 Å². The van der Waals surface area contributed by atoms with Crippen molar-refractivity contribution in [3.63, 3.8) is 0 Å². The lowest BCUT2D eigenvalue weighted by atomic mass is 10.1. The van der Waals surface area contributed by atoms with E-state index in [1.165, 1.54) is 16.0 Å². The van der Waals surface area contributed by atoms with E-state index in [1.54, 1.807) is 11.8 Å². The fraction of sp³-hybridized carbons (Fsp3) is 0.0952. The summed E-state index contributed by atoms with van der Waals surface area (Å²) in [7, 11) is 0. The molecule has 0 spiro atoms. The molecule has 4 heteroatoms. The minimum atomic E-state index is 0.186. The molecule has 0 atom stereocenters. The molecule has 3 aromatic rings. The van der Waals surface area contributed by atoms with E-state index >= 15 is 0 Å². The standard InChI is InChI=1S/C21H18ClNOS/c22-21(23-24)15-18-8-4-5-9-20(18)25-19-12-10-17(11-13-19)14-16-6-2-1-3-7-16/h1-13,24H,14-15H2. The molecule has 0 amide bonds. The highest BCUT2D eigenvalue weighted by molar-refractivity contribution is 7.99. The molecule has 0 heterocycles. The third kappa shape index (κ3) is 5.12. The highest BCUT2D eigenvalue weighted by Crippen LogP contribution is 2.31. The predicted octanol–water partition coefficient (Wildman–Crippen LogP) is 6.00. The average molecular weight is 368 g/mol. The van der Waals surface area contributed by atoms with Crippen LogP contribution >= 0.6 is 23.4 Å². The molecule has 25 heavy (non-hydrogen) atoms. The van der Waals surface area contributed by atoms with Crippen molar-refractivity contribution in [3.05, 3.63) is 95.6 Å². The second-order valence-electron chi connectivity index (χ2n) is 5.67. The highest BCUT2D eigenvalue weighted by atomic mass is 35.5. The summed E-state index contributed by atoms with van der Waals surface area (Å²) in [4.78, 5) is 2.28. The Morgan fingerprint density at radius 3 is 2.20 bits per heavy atom. The Kier molecular flexibility index (Phi) is 6.15. The molecule has 3 aromatic carbocycles. The van der Waals surface area contributed by atoms with Gasteiger partial charge in [0.05, 0.1) is 0 Å². The minimum absolute atomic E-state index is 0.186. The van der Waals surface area contributed by atoms with Gasteiger partial charge >= 0.3 is 0 Å². The first-order valence-electron chi connectivity index (χ1n) is 7.99. The molecule has 3 rings (SSSR count). The highest BCUT2D eigenvalue weighted by Gasteiger charge is 2.07. The van der Waals surface area contributed by atoms with Crippen molar-refractivity contribution in [1.29, 1.82) is 0 Å². The number of halogens is 1. The predicted molar refractivity (Wildman–Crippen MR) is 105 cm³/mol. The first kappa shape index (κ1) is 17.6. The number of benzene rings is 3. The Hall–Kier alpha value is -2.23. The lowest BCUT2D eigenvalue weighted by Gasteiger charge is -2.09. The fourth-order valence-corrected chi connectivity index (χ4v) is 3.66. The van der Waals surface area contributed by atoms with E-state index in [0.717, 1.165) is 16.9 Å². The Morgan fingerprint density at radius 1 is 0.840 bits per heavy atom. The van der Waals surface area contributed by atoms with Gasteiger partial charge in [-0.3, -0.25) is 0 Å². The maximum atomic E-state index is 8.78. The SMILES string of the molecule is ON=C(Cl)Cc1ccccc1Sc1ccc(Cc2ccccc2)cc1. The molecule has 0 unspecified atom stereocenters. The van der Waals surface area contributed by atoms with Gasteiger partial charge in [-0.15, -0.1) is 0 Å². The Labute approximate surface area is 157 Å². The van der Waals surface area contributed by atoms with Crippen LogP contribution in [0.5, 0.6) is 0 Å². The number of hydrogen-bond acceptors (Lipinski definition) is 3. The molecule has 0 fully saturated rings. The van der Waals surface area contributed by atoms with Gasteiger partial charge in [-0.1, -0.05) is 89.2 Å². The first-order chi connectivity index (χ1) is 12.2. The Balaban J connectivity index is 1.72. The molecule has 0 saturated carbocycles. The van der Waals surface area contributed by atoms with E-state index in [2.05, 4.69) is 59.8 Å². The summed E-state index contributed by atoms with van der Waals surface area (Å²) in [6.45, 7) is 0. The summed E-state index contributed by atoms with van der Waals surface area (Å²) in [5.41, 5.74) is 3.65.